The molecule has 0 saturated carbocycles. The molecule has 6 heteroatoms. The van der Waals surface area contributed by atoms with E-state index in [1.165, 1.54) is 5.57 Å². The van der Waals surface area contributed by atoms with Crippen LogP contribution in [0.4, 0.5) is 5.69 Å². The van der Waals surface area contributed by atoms with Crippen molar-refractivity contribution < 1.29 is 14.3 Å². The molecular weight excluding hydrogens is 438 g/mol. The van der Waals surface area contributed by atoms with Gasteiger partial charge in [0, 0.05) is 37.3 Å². The number of nitrogens with zero attached hydrogens (tertiary/aromatic N) is 2. The van der Waals surface area contributed by atoms with Crippen molar-refractivity contribution in [3.8, 4) is 5.75 Å². The summed E-state index contributed by atoms with van der Waals surface area (Å²) in [6, 6.07) is 18.6. The van der Waals surface area contributed by atoms with Gasteiger partial charge in [0.05, 0.1) is 6.42 Å². The summed E-state index contributed by atoms with van der Waals surface area (Å²) in [7, 11) is 0. The Labute approximate surface area is 209 Å². The maximum absolute atomic E-state index is 12.8. The van der Waals surface area contributed by atoms with Gasteiger partial charge in [0.25, 0.3) is 0 Å². The predicted molar refractivity (Wildman–Crippen MR) is 141 cm³/mol. The molecule has 1 fully saturated rings. The number of amides is 2. The second-order valence-corrected chi connectivity index (χ2v) is 9.53. The number of rotatable bonds is 11. The van der Waals surface area contributed by atoms with Gasteiger partial charge < -0.3 is 20.3 Å². The van der Waals surface area contributed by atoms with Gasteiger partial charge in [-0.15, -0.1) is 0 Å². The van der Waals surface area contributed by atoms with E-state index in [0.717, 1.165) is 42.9 Å². The number of allylic oxidation sites excluding steroid dienone is 1. The summed E-state index contributed by atoms with van der Waals surface area (Å²) < 4.78 is 5.96. The van der Waals surface area contributed by atoms with Gasteiger partial charge in [0.1, 0.15) is 12.4 Å². The lowest BCUT2D eigenvalue weighted by Crippen LogP contribution is -2.50. The number of primary amides is 1. The van der Waals surface area contributed by atoms with Crippen LogP contribution in [0.1, 0.15) is 45.6 Å². The molecule has 2 N–H and O–H groups in total. The van der Waals surface area contributed by atoms with E-state index in [0.29, 0.717) is 19.6 Å². The van der Waals surface area contributed by atoms with Crippen LogP contribution in [0.25, 0.3) is 0 Å². The molecule has 35 heavy (non-hydrogen) atoms. The van der Waals surface area contributed by atoms with Crippen LogP contribution in [0, 0.1) is 12.3 Å². The summed E-state index contributed by atoms with van der Waals surface area (Å²) >= 11 is 0. The summed E-state index contributed by atoms with van der Waals surface area (Å²) in [5.41, 5.74) is 8.84. The molecule has 0 aliphatic carbocycles. The van der Waals surface area contributed by atoms with E-state index < -0.39 is 0 Å². The van der Waals surface area contributed by atoms with Gasteiger partial charge in [-0.1, -0.05) is 48.9 Å². The number of hydrogen-bond acceptors (Lipinski definition) is 4. The number of piperidine rings is 1. The minimum atomic E-state index is -0.380. The van der Waals surface area contributed by atoms with Crippen molar-refractivity contribution >= 4 is 17.5 Å². The van der Waals surface area contributed by atoms with Gasteiger partial charge in [0.15, 0.2) is 0 Å². The highest BCUT2D eigenvalue weighted by molar-refractivity contribution is 5.86. The molecule has 187 valence electrons. The highest BCUT2D eigenvalue weighted by Crippen LogP contribution is 2.26. The molecule has 2 aromatic carbocycles. The molecule has 1 aliphatic heterocycles. The molecular formula is C29H38N3O3. The fraction of sp³-hybridized carbons (Fsp3) is 0.414. The second kappa shape index (κ2) is 13.0. The Morgan fingerprint density at radius 3 is 2.51 bits per heavy atom. The Hall–Kier alpha value is -3.28. The Bertz CT molecular complexity index is 984. The molecule has 0 aromatic heterocycles. The highest BCUT2D eigenvalue weighted by Gasteiger charge is 2.28. The van der Waals surface area contributed by atoms with Crippen LogP contribution in [-0.2, 0) is 16.2 Å². The molecule has 6 nitrogen and oxygen atoms in total. The van der Waals surface area contributed by atoms with E-state index in [2.05, 4.69) is 49.1 Å². The quantitative estimate of drug-likeness (QED) is 0.475. The zero-order valence-corrected chi connectivity index (χ0v) is 21.2. The summed E-state index contributed by atoms with van der Waals surface area (Å²) in [4.78, 5) is 28.4. The largest absolute Gasteiger partial charge is 0.489 e. The van der Waals surface area contributed by atoms with Crippen molar-refractivity contribution in [3.63, 3.8) is 0 Å². The van der Waals surface area contributed by atoms with Crippen LogP contribution in [0.2, 0.25) is 0 Å². The minimum Gasteiger partial charge on any atom is -0.489 e. The molecule has 2 atom stereocenters. The average molecular weight is 477 g/mol. The third-order valence-corrected chi connectivity index (χ3v) is 6.39. The van der Waals surface area contributed by atoms with E-state index >= 15 is 0 Å². The van der Waals surface area contributed by atoms with Crippen molar-refractivity contribution in [2.24, 2.45) is 11.7 Å². The van der Waals surface area contributed by atoms with Crippen LogP contribution in [0.15, 0.2) is 66.2 Å². The van der Waals surface area contributed by atoms with E-state index in [1.807, 2.05) is 35.2 Å². The normalized spacial score (nSPS) is 16.3. The van der Waals surface area contributed by atoms with Crippen LogP contribution in [0.3, 0.4) is 0 Å². The van der Waals surface area contributed by atoms with Gasteiger partial charge in [-0.25, -0.2) is 0 Å². The van der Waals surface area contributed by atoms with E-state index in [-0.39, 0.29) is 23.8 Å². The highest BCUT2D eigenvalue weighted by atomic mass is 16.5. The molecule has 2 aromatic rings. The SMILES string of the molecule is CC(C)=CCN(c1ccc(OCc2ccccc2)cc1)C1CCCN(C(=O)[CH]CC(C)C(N)=O)C1. The number of anilines is 1. The van der Waals surface area contributed by atoms with Gasteiger partial charge in [-0.2, -0.15) is 0 Å². The molecule has 1 heterocycles. The average Bonchev–Trinajstić information content (AvgIpc) is 2.87. The Balaban J connectivity index is 1.66. The van der Waals surface area contributed by atoms with Gasteiger partial charge >= 0.3 is 0 Å². The molecule has 1 saturated heterocycles. The molecule has 3 rings (SSSR count). The van der Waals surface area contributed by atoms with Crippen LogP contribution in [-0.4, -0.2) is 42.4 Å². The van der Waals surface area contributed by atoms with Crippen LogP contribution >= 0.6 is 0 Å². The number of likely N-dealkylation sites (tertiary alicyclic amines) is 1. The lowest BCUT2D eigenvalue weighted by Gasteiger charge is -2.40. The number of hydrogen-bond donors (Lipinski definition) is 1. The van der Waals surface area contributed by atoms with Crippen molar-refractivity contribution in [2.75, 3.05) is 24.5 Å². The van der Waals surface area contributed by atoms with E-state index in [1.54, 1.807) is 13.3 Å². The number of carbonyl (C=O) groups is 2. The third-order valence-electron chi connectivity index (χ3n) is 6.39. The van der Waals surface area contributed by atoms with Crippen molar-refractivity contribution in [1.29, 1.82) is 0 Å². The van der Waals surface area contributed by atoms with Crippen molar-refractivity contribution in [2.45, 2.75) is 52.7 Å². The fourth-order valence-corrected chi connectivity index (χ4v) is 4.15. The lowest BCUT2D eigenvalue weighted by atomic mass is 10.0. The van der Waals surface area contributed by atoms with Gasteiger partial charge in [-0.05, 0) is 62.9 Å². The maximum atomic E-state index is 12.8. The third kappa shape index (κ3) is 8.16. The zero-order valence-electron chi connectivity index (χ0n) is 21.2. The van der Waals surface area contributed by atoms with Crippen LogP contribution in [0.5, 0.6) is 5.75 Å². The number of ether oxygens (including phenoxy) is 1. The Kier molecular flexibility index (Phi) is 9.76. The number of carbonyl (C=O) groups excluding carboxylic acids is 2. The summed E-state index contributed by atoms with van der Waals surface area (Å²) in [5, 5.41) is 0. The van der Waals surface area contributed by atoms with Gasteiger partial charge in [-0.3, -0.25) is 9.59 Å². The second-order valence-electron chi connectivity index (χ2n) is 9.53. The zero-order chi connectivity index (χ0) is 25.2. The van der Waals surface area contributed by atoms with Crippen LogP contribution < -0.4 is 15.4 Å². The predicted octanol–water partition coefficient (Wildman–Crippen LogP) is 4.74. The topological polar surface area (TPSA) is 75.9 Å². The molecule has 2 unspecified atom stereocenters. The monoisotopic (exact) mass is 476 g/mol. The van der Waals surface area contributed by atoms with E-state index in [4.69, 9.17) is 10.5 Å². The van der Waals surface area contributed by atoms with Crippen molar-refractivity contribution in [1.82, 2.24) is 4.90 Å². The number of benzene rings is 2. The summed E-state index contributed by atoms with van der Waals surface area (Å²) in [5.74, 6) is 0.0963. The lowest BCUT2D eigenvalue weighted by molar-refractivity contribution is -0.129. The molecule has 0 bridgehead atoms. The minimum absolute atomic E-state index is 0.0189. The summed E-state index contributed by atoms with van der Waals surface area (Å²) in [6.45, 7) is 8.66. The molecule has 2 amide bonds. The Morgan fingerprint density at radius 1 is 1.14 bits per heavy atom. The fourth-order valence-electron chi connectivity index (χ4n) is 4.15. The first-order valence-corrected chi connectivity index (χ1v) is 12.4. The maximum Gasteiger partial charge on any atom is 0.226 e. The summed E-state index contributed by atoms with van der Waals surface area (Å²) in [6.07, 6.45) is 6.17. The first kappa shape index (κ1) is 26.3. The van der Waals surface area contributed by atoms with Crippen molar-refractivity contribution in [3.05, 3.63) is 78.2 Å². The molecule has 1 aliphatic rings. The smallest absolute Gasteiger partial charge is 0.226 e. The number of nitrogens with two attached hydrogens (primary N) is 1. The first-order chi connectivity index (χ1) is 16.8. The van der Waals surface area contributed by atoms with E-state index in [9.17, 15) is 9.59 Å². The first-order valence-electron chi connectivity index (χ1n) is 12.4. The molecule has 0 spiro atoms. The standard InChI is InChI=1S/C29H38N3O3/c1-22(2)17-19-32(25-12-14-27(15-13-25)35-21-24-8-5-4-6-9-24)26-10-7-18-31(20-26)28(33)16-11-23(3)29(30)34/h4-6,8-9,12-17,23,26H,7,10-11,18-21H2,1-3H3,(H2,30,34). The Morgan fingerprint density at radius 2 is 1.86 bits per heavy atom. The van der Waals surface area contributed by atoms with Gasteiger partial charge in [0.2, 0.25) is 11.8 Å². The molecule has 1 radical (unpaired) electrons.